The second kappa shape index (κ2) is 11.6. The second-order valence-corrected chi connectivity index (χ2v) is 8.57. The Balaban J connectivity index is 1.66. The fraction of sp³-hybridized carbons (Fsp3) is 0.348. The van der Waals surface area contributed by atoms with Crippen LogP contribution in [-0.2, 0) is 4.79 Å². The van der Waals surface area contributed by atoms with Gasteiger partial charge in [0.05, 0.1) is 18.0 Å². The number of anilines is 2. The predicted octanol–water partition coefficient (Wildman–Crippen LogP) is 4.47. The Morgan fingerprint density at radius 1 is 1.11 bits per heavy atom. The SMILES string of the molecule is CCCOc1cccc(C(=O)NC(=S)Nc2cc(Cl)ccc2N2CCN(C(=O)C(F)(F)F)CC2)c1. The van der Waals surface area contributed by atoms with E-state index in [0.717, 1.165) is 11.3 Å². The standard InChI is InChI=1S/C23H24ClF3N4O3S/c1-2-12-34-17-5-3-4-15(13-17)20(32)29-22(35)28-18-14-16(24)6-7-19(18)30-8-10-31(11-9-30)21(33)23(25,26)27/h3-7,13-14H,2,8-12H2,1H3,(H2,28,29,32,35). The van der Waals surface area contributed by atoms with Gasteiger partial charge in [0.25, 0.3) is 5.91 Å². The Labute approximate surface area is 211 Å². The molecule has 1 aliphatic heterocycles. The molecular weight excluding hydrogens is 505 g/mol. The number of amides is 2. The van der Waals surface area contributed by atoms with E-state index in [0.29, 0.717) is 34.3 Å². The van der Waals surface area contributed by atoms with E-state index in [4.69, 9.17) is 28.6 Å². The van der Waals surface area contributed by atoms with Gasteiger partial charge in [-0.25, -0.2) is 0 Å². The van der Waals surface area contributed by atoms with Gasteiger partial charge in [-0.15, -0.1) is 0 Å². The lowest BCUT2D eigenvalue weighted by Crippen LogP contribution is -2.52. The van der Waals surface area contributed by atoms with Crippen LogP contribution >= 0.6 is 23.8 Å². The third-order valence-electron chi connectivity index (χ3n) is 5.15. The number of carbonyl (C=O) groups is 2. The molecule has 1 saturated heterocycles. The van der Waals surface area contributed by atoms with Crippen LogP contribution in [0.2, 0.25) is 5.02 Å². The first-order valence-corrected chi connectivity index (χ1v) is 11.6. The summed E-state index contributed by atoms with van der Waals surface area (Å²) in [5, 5.41) is 5.96. The van der Waals surface area contributed by atoms with Crippen molar-refractivity contribution < 1.29 is 27.5 Å². The monoisotopic (exact) mass is 528 g/mol. The molecule has 2 aromatic carbocycles. The Kier molecular flexibility index (Phi) is 8.79. The van der Waals surface area contributed by atoms with Crippen LogP contribution < -0.4 is 20.3 Å². The van der Waals surface area contributed by atoms with Crippen molar-refractivity contribution >= 4 is 52.1 Å². The van der Waals surface area contributed by atoms with E-state index >= 15 is 0 Å². The molecule has 2 N–H and O–H groups in total. The van der Waals surface area contributed by atoms with Crippen LogP contribution in [0.25, 0.3) is 0 Å². The molecule has 2 amide bonds. The van der Waals surface area contributed by atoms with E-state index in [2.05, 4.69) is 10.6 Å². The molecule has 1 heterocycles. The van der Waals surface area contributed by atoms with Gasteiger partial charge < -0.3 is 19.9 Å². The van der Waals surface area contributed by atoms with E-state index in [1.807, 2.05) is 11.8 Å². The number of carbonyl (C=O) groups excluding carboxylic acids is 2. The van der Waals surface area contributed by atoms with Gasteiger partial charge in [0.1, 0.15) is 5.75 Å². The number of thiocarbonyl (C=S) groups is 1. The number of nitrogens with one attached hydrogen (secondary N) is 2. The summed E-state index contributed by atoms with van der Waals surface area (Å²) in [5.74, 6) is -1.72. The van der Waals surface area contributed by atoms with Gasteiger partial charge in [-0.05, 0) is 55.0 Å². The maximum atomic E-state index is 12.7. The highest BCUT2D eigenvalue weighted by Crippen LogP contribution is 2.31. The molecular formula is C23H24ClF3N4O3S. The van der Waals surface area contributed by atoms with Crippen LogP contribution in [0.4, 0.5) is 24.5 Å². The first-order chi connectivity index (χ1) is 16.6. The summed E-state index contributed by atoms with van der Waals surface area (Å²) in [6, 6.07) is 11.6. The maximum absolute atomic E-state index is 12.7. The first kappa shape index (κ1) is 26.6. The van der Waals surface area contributed by atoms with Gasteiger partial charge in [-0.2, -0.15) is 13.2 Å². The zero-order valence-corrected chi connectivity index (χ0v) is 20.4. The molecule has 0 aromatic heterocycles. The number of alkyl halides is 3. The minimum absolute atomic E-state index is 0.0179. The molecule has 0 unspecified atom stereocenters. The maximum Gasteiger partial charge on any atom is 0.471 e. The summed E-state index contributed by atoms with van der Waals surface area (Å²) in [6.45, 7) is 2.70. The molecule has 1 aliphatic rings. The molecule has 2 aromatic rings. The number of ether oxygens (including phenoxy) is 1. The van der Waals surface area contributed by atoms with Crippen molar-refractivity contribution in [3.05, 3.63) is 53.1 Å². The molecule has 0 radical (unpaired) electrons. The quantitative estimate of drug-likeness (QED) is 0.539. The molecule has 0 spiro atoms. The molecule has 0 bridgehead atoms. The second-order valence-electron chi connectivity index (χ2n) is 7.72. The Hall–Kier alpha value is -3.05. The number of hydrogen-bond donors (Lipinski definition) is 2. The van der Waals surface area contributed by atoms with Crippen molar-refractivity contribution in [1.82, 2.24) is 10.2 Å². The molecule has 0 aliphatic carbocycles. The third-order valence-corrected chi connectivity index (χ3v) is 5.59. The molecule has 0 saturated carbocycles. The number of piperazine rings is 1. The summed E-state index contributed by atoms with van der Waals surface area (Å²) < 4.78 is 43.7. The Bertz CT molecular complexity index is 1090. The topological polar surface area (TPSA) is 73.9 Å². The van der Waals surface area contributed by atoms with E-state index in [1.54, 1.807) is 42.5 Å². The molecule has 12 heteroatoms. The third kappa shape index (κ3) is 7.22. The Morgan fingerprint density at radius 3 is 2.49 bits per heavy atom. The molecule has 1 fully saturated rings. The Morgan fingerprint density at radius 2 is 1.83 bits per heavy atom. The van der Waals surface area contributed by atoms with E-state index in [-0.39, 0.29) is 31.3 Å². The van der Waals surface area contributed by atoms with Gasteiger partial charge in [0.2, 0.25) is 0 Å². The lowest BCUT2D eigenvalue weighted by molar-refractivity contribution is -0.185. The van der Waals surface area contributed by atoms with Crippen LogP contribution in [0, 0.1) is 0 Å². The summed E-state index contributed by atoms with van der Waals surface area (Å²) in [6.07, 6.45) is -4.07. The van der Waals surface area contributed by atoms with Crippen molar-refractivity contribution in [1.29, 1.82) is 0 Å². The van der Waals surface area contributed by atoms with E-state index < -0.39 is 18.0 Å². The van der Waals surface area contributed by atoms with Gasteiger partial charge in [0, 0.05) is 36.8 Å². The van der Waals surface area contributed by atoms with Crippen LogP contribution in [-0.4, -0.2) is 60.8 Å². The van der Waals surface area contributed by atoms with Gasteiger partial charge in [-0.1, -0.05) is 24.6 Å². The zero-order chi connectivity index (χ0) is 25.6. The molecule has 35 heavy (non-hydrogen) atoms. The minimum atomic E-state index is -4.90. The number of halogens is 4. The highest BCUT2D eigenvalue weighted by atomic mass is 35.5. The van der Waals surface area contributed by atoms with Crippen molar-refractivity contribution in [2.24, 2.45) is 0 Å². The number of benzene rings is 2. The first-order valence-electron chi connectivity index (χ1n) is 10.8. The van der Waals surface area contributed by atoms with Gasteiger partial charge in [-0.3, -0.25) is 14.9 Å². The van der Waals surface area contributed by atoms with Crippen LogP contribution in [0.15, 0.2) is 42.5 Å². The fourth-order valence-electron chi connectivity index (χ4n) is 3.49. The van der Waals surface area contributed by atoms with Crippen LogP contribution in [0.3, 0.4) is 0 Å². The number of rotatable bonds is 6. The fourth-order valence-corrected chi connectivity index (χ4v) is 3.86. The average Bonchev–Trinajstić information content (AvgIpc) is 2.82. The van der Waals surface area contributed by atoms with E-state index in [9.17, 15) is 22.8 Å². The van der Waals surface area contributed by atoms with E-state index in [1.165, 1.54) is 0 Å². The smallest absolute Gasteiger partial charge is 0.471 e. The average molecular weight is 529 g/mol. The van der Waals surface area contributed by atoms with Crippen LogP contribution in [0.1, 0.15) is 23.7 Å². The zero-order valence-electron chi connectivity index (χ0n) is 18.8. The molecule has 3 rings (SSSR count). The van der Waals surface area contributed by atoms with Crippen molar-refractivity contribution in [2.75, 3.05) is 43.0 Å². The minimum Gasteiger partial charge on any atom is -0.494 e. The van der Waals surface area contributed by atoms with Crippen LogP contribution in [0.5, 0.6) is 5.75 Å². The largest absolute Gasteiger partial charge is 0.494 e. The molecule has 7 nitrogen and oxygen atoms in total. The van der Waals surface area contributed by atoms with Crippen molar-refractivity contribution in [3.8, 4) is 5.75 Å². The number of hydrogen-bond acceptors (Lipinski definition) is 5. The summed E-state index contributed by atoms with van der Waals surface area (Å²) >= 11 is 11.4. The summed E-state index contributed by atoms with van der Waals surface area (Å²) in [4.78, 5) is 26.7. The lowest BCUT2D eigenvalue weighted by Gasteiger charge is -2.37. The highest BCUT2D eigenvalue weighted by molar-refractivity contribution is 7.80. The molecule has 188 valence electrons. The van der Waals surface area contributed by atoms with Gasteiger partial charge >= 0.3 is 12.1 Å². The van der Waals surface area contributed by atoms with Crippen molar-refractivity contribution in [3.63, 3.8) is 0 Å². The number of nitrogens with zero attached hydrogens (tertiary/aromatic N) is 2. The predicted molar refractivity (Wildman–Crippen MR) is 132 cm³/mol. The lowest BCUT2D eigenvalue weighted by atomic mass is 10.2. The normalized spacial score (nSPS) is 13.9. The summed E-state index contributed by atoms with van der Waals surface area (Å²) in [7, 11) is 0. The van der Waals surface area contributed by atoms with Crippen molar-refractivity contribution in [2.45, 2.75) is 19.5 Å². The highest BCUT2D eigenvalue weighted by Gasteiger charge is 2.43. The summed E-state index contributed by atoms with van der Waals surface area (Å²) in [5.41, 5.74) is 1.46. The molecule has 0 atom stereocenters. The van der Waals surface area contributed by atoms with Gasteiger partial charge in [0.15, 0.2) is 5.11 Å².